The second-order valence-electron chi connectivity index (χ2n) is 3.00. The summed E-state index contributed by atoms with van der Waals surface area (Å²) in [5.41, 5.74) is 1.73. The van der Waals surface area contributed by atoms with Crippen LogP contribution < -0.4 is 0 Å². The van der Waals surface area contributed by atoms with Gasteiger partial charge in [0.15, 0.2) is 0 Å². The molecule has 2 N–H and O–H groups in total. The van der Waals surface area contributed by atoms with Crippen LogP contribution in [-0.4, -0.2) is 22.8 Å². The Kier molecular flexibility index (Phi) is 4.39. The SMILES string of the molecule is O=C(O)CC#Cc1ccccc1CCO. The predicted molar refractivity (Wildman–Crippen MR) is 56.4 cm³/mol. The molecule has 0 saturated heterocycles. The Balaban J connectivity index is 2.81. The van der Waals surface area contributed by atoms with E-state index in [0.717, 1.165) is 11.1 Å². The van der Waals surface area contributed by atoms with Crippen LogP contribution in [-0.2, 0) is 11.2 Å². The minimum absolute atomic E-state index is 0.0671. The normalized spacial score (nSPS) is 9.13. The van der Waals surface area contributed by atoms with Crippen LogP contribution in [0.4, 0.5) is 0 Å². The number of aliphatic hydroxyl groups is 1. The van der Waals surface area contributed by atoms with E-state index in [1.807, 2.05) is 24.3 Å². The van der Waals surface area contributed by atoms with Gasteiger partial charge in [0.1, 0.15) is 6.42 Å². The molecule has 15 heavy (non-hydrogen) atoms. The first-order valence-electron chi connectivity index (χ1n) is 4.63. The maximum Gasteiger partial charge on any atom is 0.315 e. The Morgan fingerprint density at radius 1 is 1.33 bits per heavy atom. The number of aliphatic hydroxyl groups excluding tert-OH is 1. The Bertz CT molecular complexity index is 399. The van der Waals surface area contributed by atoms with E-state index in [9.17, 15) is 4.79 Å². The zero-order valence-corrected chi connectivity index (χ0v) is 8.23. The van der Waals surface area contributed by atoms with Crippen molar-refractivity contribution in [3.63, 3.8) is 0 Å². The molecule has 0 bridgehead atoms. The first kappa shape index (κ1) is 11.3. The highest BCUT2D eigenvalue weighted by Crippen LogP contribution is 2.07. The van der Waals surface area contributed by atoms with E-state index in [2.05, 4.69) is 11.8 Å². The van der Waals surface area contributed by atoms with Crippen LogP contribution in [0.3, 0.4) is 0 Å². The highest BCUT2D eigenvalue weighted by Gasteiger charge is 1.97. The lowest BCUT2D eigenvalue weighted by molar-refractivity contribution is -0.135. The van der Waals surface area contributed by atoms with E-state index < -0.39 is 5.97 Å². The Labute approximate surface area is 88.4 Å². The smallest absolute Gasteiger partial charge is 0.315 e. The number of carboxylic acids is 1. The van der Waals surface area contributed by atoms with Gasteiger partial charge >= 0.3 is 5.97 Å². The van der Waals surface area contributed by atoms with Crippen molar-refractivity contribution in [1.82, 2.24) is 0 Å². The molecule has 0 radical (unpaired) electrons. The van der Waals surface area contributed by atoms with Crippen molar-refractivity contribution in [2.75, 3.05) is 6.61 Å². The van der Waals surface area contributed by atoms with Gasteiger partial charge in [-0.15, -0.1) is 0 Å². The number of benzene rings is 1. The average Bonchev–Trinajstić information content (AvgIpc) is 2.20. The first-order chi connectivity index (χ1) is 7.24. The molecule has 0 saturated carbocycles. The maximum atomic E-state index is 10.3. The van der Waals surface area contributed by atoms with Crippen molar-refractivity contribution < 1.29 is 15.0 Å². The summed E-state index contributed by atoms with van der Waals surface area (Å²) in [6.45, 7) is 0.0671. The van der Waals surface area contributed by atoms with Gasteiger partial charge in [-0.1, -0.05) is 30.0 Å². The summed E-state index contributed by atoms with van der Waals surface area (Å²) in [6, 6.07) is 7.40. The van der Waals surface area contributed by atoms with Gasteiger partial charge < -0.3 is 10.2 Å². The molecule has 0 amide bonds. The standard InChI is InChI=1S/C12H12O3/c13-9-8-11-5-2-1-4-10(11)6-3-7-12(14)15/h1-2,4-5,13H,7-9H2,(H,14,15). The maximum absolute atomic E-state index is 10.3. The van der Waals surface area contributed by atoms with E-state index in [0.29, 0.717) is 6.42 Å². The fraction of sp³-hybridized carbons (Fsp3) is 0.250. The molecular weight excluding hydrogens is 192 g/mol. The molecule has 0 aromatic heterocycles. The second-order valence-corrected chi connectivity index (χ2v) is 3.00. The number of carboxylic acid groups (broad SMARTS) is 1. The molecule has 0 fully saturated rings. The van der Waals surface area contributed by atoms with Crippen LogP contribution >= 0.6 is 0 Å². The van der Waals surface area contributed by atoms with Gasteiger partial charge in [0, 0.05) is 12.2 Å². The lowest BCUT2D eigenvalue weighted by Gasteiger charge is -2.00. The van der Waals surface area contributed by atoms with Gasteiger partial charge in [-0.3, -0.25) is 4.79 Å². The topological polar surface area (TPSA) is 57.5 Å². The Morgan fingerprint density at radius 3 is 2.73 bits per heavy atom. The number of hydrogen-bond acceptors (Lipinski definition) is 2. The molecule has 0 aliphatic carbocycles. The quantitative estimate of drug-likeness (QED) is 0.723. The van der Waals surface area contributed by atoms with Crippen LogP contribution in [0.25, 0.3) is 0 Å². The molecule has 1 aromatic rings. The van der Waals surface area contributed by atoms with Crippen LogP contribution in [0, 0.1) is 11.8 Å². The number of hydrogen-bond donors (Lipinski definition) is 2. The summed E-state index contributed by atoms with van der Waals surface area (Å²) < 4.78 is 0. The molecule has 3 nitrogen and oxygen atoms in total. The third kappa shape index (κ3) is 3.84. The van der Waals surface area contributed by atoms with Gasteiger partial charge in [0.2, 0.25) is 0 Å². The van der Waals surface area contributed by atoms with Crippen LogP contribution in [0.5, 0.6) is 0 Å². The van der Waals surface area contributed by atoms with Crippen molar-refractivity contribution in [3.05, 3.63) is 35.4 Å². The van der Waals surface area contributed by atoms with E-state index >= 15 is 0 Å². The highest BCUT2D eigenvalue weighted by molar-refractivity contribution is 5.70. The van der Waals surface area contributed by atoms with E-state index in [1.165, 1.54) is 0 Å². The van der Waals surface area contributed by atoms with Gasteiger partial charge in [-0.2, -0.15) is 0 Å². The lowest BCUT2D eigenvalue weighted by Crippen LogP contribution is -1.94. The summed E-state index contributed by atoms with van der Waals surface area (Å²) in [4.78, 5) is 10.3. The molecule has 1 rings (SSSR count). The van der Waals surface area contributed by atoms with Crippen molar-refractivity contribution >= 4 is 5.97 Å². The Morgan fingerprint density at radius 2 is 2.07 bits per heavy atom. The van der Waals surface area contributed by atoms with Crippen molar-refractivity contribution in [2.24, 2.45) is 0 Å². The molecular formula is C12H12O3. The number of carbonyl (C=O) groups is 1. The van der Waals surface area contributed by atoms with Crippen LogP contribution in [0.2, 0.25) is 0 Å². The van der Waals surface area contributed by atoms with Crippen LogP contribution in [0.1, 0.15) is 17.5 Å². The largest absolute Gasteiger partial charge is 0.481 e. The third-order valence-corrected chi connectivity index (χ3v) is 1.86. The summed E-state index contributed by atoms with van der Waals surface area (Å²) >= 11 is 0. The Hall–Kier alpha value is -1.79. The lowest BCUT2D eigenvalue weighted by atomic mass is 10.1. The van der Waals surface area contributed by atoms with Crippen molar-refractivity contribution in [3.8, 4) is 11.8 Å². The zero-order chi connectivity index (χ0) is 11.1. The molecule has 78 valence electrons. The molecule has 0 atom stereocenters. The average molecular weight is 204 g/mol. The fourth-order valence-electron chi connectivity index (χ4n) is 1.20. The third-order valence-electron chi connectivity index (χ3n) is 1.86. The minimum Gasteiger partial charge on any atom is -0.481 e. The summed E-state index contributed by atoms with van der Waals surface area (Å²) in [7, 11) is 0. The van der Waals surface area contributed by atoms with Gasteiger partial charge in [-0.05, 0) is 18.1 Å². The molecule has 3 heteroatoms. The van der Waals surface area contributed by atoms with Gasteiger partial charge in [0.25, 0.3) is 0 Å². The molecule has 1 aromatic carbocycles. The van der Waals surface area contributed by atoms with E-state index in [-0.39, 0.29) is 13.0 Å². The molecule has 0 aliphatic rings. The van der Waals surface area contributed by atoms with Crippen LogP contribution in [0.15, 0.2) is 24.3 Å². The molecule has 0 unspecified atom stereocenters. The molecule has 0 spiro atoms. The van der Waals surface area contributed by atoms with E-state index in [4.69, 9.17) is 10.2 Å². The number of rotatable bonds is 3. The van der Waals surface area contributed by atoms with Gasteiger partial charge in [-0.25, -0.2) is 0 Å². The number of aliphatic carboxylic acids is 1. The van der Waals surface area contributed by atoms with E-state index in [1.54, 1.807) is 0 Å². The minimum atomic E-state index is -0.929. The van der Waals surface area contributed by atoms with Crippen molar-refractivity contribution in [2.45, 2.75) is 12.8 Å². The van der Waals surface area contributed by atoms with Gasteiger partial charge in [0.05, 0.1) is 0 Å². The predicted octanol–water partition coefficient (Wildman–Crippen LogP) is 1.05. The zero-order valence-electron chi connectivity index (χ0n) is 8.23. The second kappa shape index (κ2) is 5.84. The fourth-order valence-corrected chi connectivity index (χ4v) is 1.20. The molecule has 0 heterocycles. The van der Waals surface area contributed by atoms with Crippen molar-refractivity contribution in [1.29, 1.82) is 0 Å². The molecule has 0 aliphatic heterocycles. The first-order valence-corrected chi connectivity index (χ1v) is 4.63. The summed E-state index contributed by atoms with van der Waals surface area (Å²) in [5, 5.41) is 17.2. The summed E-state index contributed by atoms with van der Waals surface area (Å²) in [5.74, 6) is 4.43. The summed E-state index contributed by atoms with van der Waals surface area (Å²) in [6.07, 6.45) is 0.380. The highest BCUT2D eigenvalue weighted by atomic mass is 16.4. The monoisotopic (exact) mass is 204 g/mol.